The minimum Gasteiger partial charge on any atom is -0.493 e. The van der Waals surface area contributed by atoms with Gasteiger partial charge in [-0.05, 0) is 56.2 Å². The second-order valence-corrected chi connectivity index (χ2v) is 7.11. The lowest BCUT2D eigenvalue weighted by Crippen LogP contribution is -2.38. The highest BCUT2D eigenvalue weighted by Crippen LogP contribution is 2.27. The van der Waals surface area contributed by atoms with E-state index in [1.807, 2.05) is 12.1 Å². The Morgan fingerprint density at radius 2 is 1.93 bits per heavy atom. The van der Waals surface area contributed by atoms with E-state index in [1.165, 1.54) is 5.56 Å². The summed E-state index contributed by atoms with van der Waals surface area (Å²) in [4.78, 5) is 4.64. The summed E-state index contributed by atoms with van der Waals surface area (Å²) in [5, 5.41) is 6.68. The van der Waals surface area contributed by atoms with Gasteiger partial charge in [-0.15, -0.1) is 0 Å². The number of nitrogens with zero attached hydrogens (tertiary/aromatic N) is 1. The molecule has 1 aliphatic heterocycles. The first-order valence-electron chi connectivity index (χ1n) is 10.6. The van der Waals surface area contributed by atoms with Gasteiger partial charge < -0.3 is 29.6 Å². The molecule has 0 bridgehead atoms. The van der Waals surface area contributed by atoms with Gasteiger partial charge in [0.15, 0.2) is 17.5 Å². The van der Waals surface area contributed by atoms with Crippen molar-refractivity contribution in [3.63, 3.8) is 0 Å². The first-order valence-corrected chi connectivity index (χ1v) is 10.6. The Morgan fingerprint density at radius 3 is 2.66 bits per heavy atom. The second kappa shape index (κ2) is 14.1. The van der Waals surface area contributed by atoms with E-state index in [0.29, 0.717) is 5.92 Å². The first kappa shape index (κ1) is 23.3. The van der Waals surface area contributed by atoms with E-state index in [4.69, 9.17) is 18.9 Å². The number of ether oxygens (including phenoxy) is 4. The van der Waals surface area contributed by atoms with E-state index in [1.54, 1.807) is 14.2 Å². The van der Waals surface area contributed by atoms with Crippen LogP contribution in [0.4, 0.5) is 0 Å². The van der Waals surface area contributed by atoms with Crippen LogP contribution in [-0.4, -0.2) is 66.2 Å². The molecule has 0 aliphatic carbocycles. The summed E-state index contributed by atoms with van der Waals surface area (Å²) in [7, 11) is 3.30. The summed E-state index contributed by atoms with van der Waals surface area (Å²) in [6, 6.07) is 6.01. The van der Waals surface area contributed by atoms with E-state index in [0.717, 1.165) is 89.2 Å². The lowest BCUT2D eigenvalue weighted by Gasteiger charge is -2.21. The maximum Gasteiger partial charge on any atom is 0.191 e. The van der Waals surface area contributed by atoms with Crippen molar-refractivity contribution in [3.8, 4) is 11.5 Å². The monoisotopic (exact) mass is 407 g/mol. The standard InChI is InChI=1S/C22H37N3O4/c1-4-23-22(24-11-5-13-29-17-19-9-14-28-15-10-19)25-12-8-18-6-7-20(26-2)21(16-18)27-3/h6-7,16,19H,4-5,8-15,17H2,1-3H3,(H2,23,24,25). The number of methoxy groups -OCH3 is 2. The van der Waals surface area contributed by atoms with Crippen molar-refractivity contribution >= 4 is 5.96 Å². The lowest BCUT2D eigenvalue weighted by atomic mass is 10.0. The SMILES string of the molecule is CCNC(=NCCCOCC1CCOCC1)NCCc1ccc(OC)c(OC)c1. The number of hydrogen-bond acceptors (Lipinski definition) is 5. The fourth-order valence-electron chi connectivity index (χ4n) is 3.22. The summed E-state index contributed by atoms with van der Waals surface area (Å²) in [6.07, 6.45) is 4.04. The number of nitrogens with one attached hydrogen (secondary N) is 2. The fraction of sp³-hybridized carbons (Fsp3) is 0.682. The number of benzene rings is 1. The highest BCUT2D eigenvalue weighted by molar-refractivity contribution is 5.79. The van der Waals surface area contributed by atoms with E-state index in [-0.39, 0.29) is 0 Å². The molecule has 0 amide bonds. The fourth-order valence-corrected chi connectivity index (χ4v) is 3.22. The van der Waals surface area contributed by atoms with Gasteiger partial charge in [-0.25, -0.2) is 0 Å². The van der Waals surface area contributed by atoms with Crippen LogP contribution in [0.25, 0.3) is 0 Å². The molecule has 164 valence electrons. The Kier molecular flexibility index (Phi) is 11.3. The Morgan fingerprint density at radius 1 is 1.14 bits per heavy atom. The topological polar surface area (TPSA) is 73.3 Å². The minimum atomic E-state index is 0.655. The van der Waals surface area contributed by atoms with Crippen molar-refractivity contribution < 1.29 is 18.9 Å². The molecule has 0 saturated carbocycles. The molecule has 1 aromatic carbocycles. The normalized spacial score (nSPS) is 15.2. The number of hydrogen-bond donors (Lipinski definition) is 2. The zero-order valence-corrected chi connectivity index (χ0v) is 18.2. The third kappa shape index (κ3) is 8.92. The van der Waals surface area contributed by atoms with Gasteiger partial charge >= 0.3 is 0 Å². The van der Waals surface area contributed by atoms with Crippen molar-refractivity contribution in [3.05, 3.63) is 23.8 Å². The molecular weight excluding hydrogens is 370 g/mol. The van der Waals surface area contributed by atoms with Crippen LogP contribution in [0, 0.1) is 5.92 Å². The Balaban J connectivity index is 1.66. The maximum atomic E-state index is 5.81. The van der Waals surface area contributed by atoms with E-state index in [2.05, 4.69) is 28.6 Å². The maximum absolute atomic E-state index is 5.81. The predicted molar refractivity (Wildman–Crippen MR) is 116 cm³/mol. The van der Waals surface area contributed by atoms with Gasteiger partial charge in [0.1, 0.15) is 0 Å². The van der Waals surface area contributed by atoms with Gasteiger partial charge in [-0.3, -0.25) is 4.99 Å². The molecule has 0 aromatic heterocycles. The lowest BCUT2D eigenvalue weighted by molar-refractivity contribution is 0.0205. The largest absolute Gasteiger partial charge is 0.493 e. The summed E-state index contributed by atoms with van der Waals surface area (Å²) in [6.45, 7) is 7.80. The molecule has 0 radical (unpaired) electrons. The predicted octanol–water partition coefficient (Wildman–Crippen LogP) is 2.63. The van der Waals surface area contributed by atoms with Gasteiger partial charge in [0.25, 0.3) is 0 Å². The zero-order chi connectivity index (χ0) is 20.7. The van der Waals surface area contributed by atoms with E-state index in [9.17, 15) is 0 Å². The molecule has 0 spiro atoms. The molecular formula is C22H37N3O4. The van der Waals surface area contributed by atoms with Crippen molar-refractivity contribution in [2.45, 2.75) is 32.6 Å². The minimum absolute atomic E-state index is 0.655. The van der Waals surface area contributed by atoms with Crippen molar-refractivity contribution in [1.82, 2.24) is 10.6 Å². The second-order valence-electron chi connectivity index (χ2n) is 7.11. The molecule has 7 nitrogen and oxygen atoms in total. The van der Waals surface area contributed by atoms with Crippen LogP contribution in [-0.2, 0) is 15.9 Å². The quantitative estimate of drug-likeness (QED) is 0.315. The molecule has 0 atom stereocenters. The molecule has 2 rings (SSSR count). The van der Waals surface area contributed by atoms with Crippen LogP contribution in [0.5, 0.6) is 11.5 Å². The third-order valence-corrected chi connectivity index (χ3v) is 4.91. The van der Waals surface area contributed by atoms with Crippen LogP contribution in [0.3, 0.4) is 0 Å². The zero-order valence-electron chi connectivity index (χ0n) is 18.2. The van der Waals surface area contributed by atoms with Crippen molar-refractivity contribution in [2.24, 2.45) is 10.9 Å². The molecule has 29 heavy (non-hydrogen) atoms. The molecule has 0 unspecified atom stereocenters. The highest BCUT2D eigenvalue weighted by atomic mass is 16.5. The Hall–Kier alpha value is -1.99. The smallest absolute Gasteiger partial charge is 0.191 e. The summed E-state index contributed by atoms with van der Waals surface area (Å²) in [5.74, 6) is 3.00. The van der Waals surface area contributed by atoms with Crippen molar-refractivity contribution in [2.75, 3.05) is 60.3 Å². The van der Waals surface area contributed by atoms with E-state index >= 15 is 0 Å². The average Bonchev–Trinajstić information content (AvgIpc) is 2.76. The van der Waals surface area contributed by atoms with Gasteiger partial charge in [0, 0.05) is 46.1 Å². The molecule has 2 N–H and O–H groups in total. The van der Waals surface area contributed by atoms with Crippen LogP contribution >= 0.6 is 0 Å². The van der Waals surface area contributed by atoms with Gasteiger partial charge in [0.05, 0.1) is 14.2 Å². The van der Waals surface area contributed by atoms with Gasteiger partial charge in [0.2, 0.25) is 0 Å². The molecule has 7 heteroatoms. The van der Waals surface area contributed by atoms with Gasteiger partial charge in [-0.2, -0.15) is 0 Å². The van der Waals surface area contributed by atoms with Crippen molar-refractivity contribution in [1.29, 1.82) is 0 Å². The molecule has 1 heterocycles. The number of rotatable bonds is 12. The van der Waals surface area contributed by atoms with E-state index < -0.39 is 0 Å². The highest BCUT2D eigenvalue weighted by Gasteiger charge is 2.13. The third-order valence-electron chi connectivity index (χ3n) is 4.91. The summed E-state index contributed by atoms with van der Waals surface area (Å²) < 4.78 is 21.8. The van der Waals surface area contributed by atoms with Crippen LogP contribution in [0.15, 0.2) is 23.2 Å². The van der Waals surface area contributed by atoms with Gasteiger partial charge in [-0.1, -0.05) is 6.07 Å². The van der Waals surface area contributed by atoms with Crippen LogP contribution in [0.1, 0.15) is 31.7 Å². The summed E-state index contributed by atoms with van der Waals surface area (Å²) >= 11 is 0. The van der Waals surface area contributed by atoms with Crippen LogP contribution in [0.2, 0.25) is 0 Å². The first-order chi connectivity index (χ1) is 14.3. The Labute approximate surface area is 175 Å². The molecule has 1 saturated heterocycles. The number of guanidine groups is 1. The Bertz CT molecular complexity index is 604. The average molecular weight is 408 g/mol. The number of aliphatic imine (C=N–C) groups is 1. The molecule has 1 aliphatic rings. The van der Waals surface area contributed by atoms with Crippen LogP contribution < -0.4 is 20.1 Å². The molecule has 1 aromatic rings. The summed E-state index contributed by atoms with van der Waals surface area (Å²) in [5.41, 5.74) is 1.19. The molecule has 1 fully saturated rings.